The normalized spacial score (nSPS) is 11.9. The molecular weight excluding hydrogens is 280 g/mol. The van der Waals surface area contributed by atoms with Crippen LogP contribution in [0.5, 0.6) is 5.75 Å². The first-order valence-electron chi connectivity index (χ1n) is 5.97. The van der Waals surface area contributed by atoms with Gasteiger partial charge in [0.15, 0.2) is 0 Å². The highest BCUT2D eigenvalue weighted by Gasteiger charge is 2.14. The Hall–Kier alpha value is -2.27. The van der Waals surface area contributed by atoms with Gasteiger partial charge < -0.3 is 10.4 Å². The highest BCUT2D eigenvalue weighted by molar-refractivity contribution is 6.32. The molecule has 0 spiro atoms. The molecule has 6 heteroatoms. The molecule has 2 rings (SSSR count). The Morgan fingerprint density at radius 2 is 2.00 bits per heavy atom. The molecule has 0 amide bonds. The van der Waals surface area contributed by atoms with Gasteiger partial charge in [-0.15, -0.1) is 0 Å². The second kappa shape index (κ2) is 5.79. The van der Waals surface area contributed by atoms with Crippen molar-refractivity contribution in [1.82, 2.24) is 0 Å². The summed E-state index contributed by atoms with van der Waals surface area (Å²) in [6, 6.07) is 11.3. The Morgan fingerprint density at radius 1 is 1.30 bits per heavy atom. The van der Waals surface area contributed by atoms with Gasteiger partial charge in [0.1, 0.15) is 10.8 Å². The maximum Gasteiger partial charge on any atom is 0.288 e. The van der Waals surface area contributed by atoms with Crippen LogP contribution in [0.2, 0.25) is 5.02 Å². The van der Waals surface area contributed by atoms with Crippen molar-refractivity contribution >= 4 is 23.0 Å². The molecule has 0 aliphatic rings. The predicted octanol–water partition coefficient (Wildman–Crippen LogP) is 4.13. The average molecular weight is 293 g/mol. The number of para-hydroxylation sites is 1. The maximum atomic E-state index is 10.7. The van der Waals surface area contributed by atoms with E-state index < -0.39 is 4.92 Å². The lowest BCUT2D eigenvalue weighted by molar-refractivity contribution is -0.384. The van der Waals surface area contributed by atoms with Gasteiger partial charge in [-0.3, -0.25) is 10.1 Å². The third-order valence-corrected chi connectivity index (χ3v) is 3.23. The second-order valence-corrected chi connectivity index (χ2v) is 4.76. The standard InChI is InChI=1S/C14H13ClN2O3/c1-9(11-4-2-3-5-14(11)18)16-10-6-7-13(17(19)20)12(15)8-10/h2-9,16,18H,1H3. The second-order valence-electron chi connectivity index (χ2n) is 4.35. The van der Waals surface area contributed by atoms with Crippen molar-refractivity contribution in [2.24, 2.45) is 0 Å². The first-order chi connectivity index (χ1) is 9.49. The van der Waals surface area contributed by atoms with Gasteiger partial charge in [0.2, 0.25) is 0 Å². The van der Waals surface area contributed by atoms with Crippen molar-refractivity contribution in [3.8, 4) is 5.75 Å². The number of nitro groups is 1. The largest absolute Gasteiger partial charge is 0.508 e. The fraction of sp³-hybridized carbons (Fsp3) is 0.143. The summed E-state index contributed by atoms with van der Waals surface area (Å²) in [6.07, 6.45) is 0. The Labute approximate surface area is 121 Å². The molecule has 0 saturated heterocycles. The summed E-state index contributed by atoms with van der Waals surface area (Å²) < 4.78 is 0. The summed E-state index contributed by atoms with van der Waals surface area (Å²) in [4.78, 5) is 10.2. The smallest absolute Gasteiger partial charge is 0.288 e. The fourth-order valence-corrected chi connectivity index (χ4v) is 2.18. The van der Waals surface area contributed by atoms with Crippen LogP contribution in [0.15, 0.2) is 42.5 Å². The molecule has 0 saturated carbocycles. The van der Waals surface area contributed by atoms with Gasteiger partial charge in [-0.05, 0) is 25.1 Å². The van der Waals surface area contributed by atoms with Gasteiger partial charge in [-0.25, -0.2) is 0 Å². The molecule has 0 bridgehead atoms. The first kappa shape index (κ1) is 14.1. The number of nitrogens with zero attached hydrogens (tertiary/aromatic N) is 1. The number of nitrogens with one attached hydrogen (secondary N) is 1. The van der Waals surface area contributed by atoms with Crippen LogP contribution in [-0.2, 0) is 0 Å². The third kappa shape index (κ3) is 3.00. The minimum Gasteiger partial charge on any atom is -0.508 e. The summed E-state index contributed by atoms with van der Waals surface area (Å²) in [5, 5.41) is 23.7. The van der Waals surface area contributed by atoms with E-state index in [-0.39, 0.29) is 22.5 Å². The zero-order valence-electron chi connectivity index (χ0n) is 10.7. The summed E-state index contributed by atoms with van der Waals surface area (Å²) in [5.74, 6) is 0.195. The van der Waals surface area contributed by atoms with E-state index in [1.165, 1.54) is 12.1 Å². The van der Waals surface area contributed by atoms with Gasteiger partial charge >= 0.3 is 0 Å². The molecule has 2 N–H and O–H groups in total. The zero-order valence-corrected chi connectivity index (χ0v) is 11.5. The Bertz CT molecular complexity index is 646. The van der Waals surface area contributed by atoms with E-state index >= 15 is 0 Å². The molecule has 20 heavy (non-hydrogen) atoms. The number of phenolic OH excluding ortho intramolecular Hbond substituents is 1. The quantitative estimate of drug-likeness (QED) is 0.656. The Morgan fingerprint density at radius 3 is 2.60 bits per heavy atom. The van der Waals surface area contributed by atoms with Crippen LogP contribution in [0.4, 0.5) is 11.4 Å². The van der Waals surface area contributed by atoms with Crippen LogP contribution in [0.1, 0.15) is 18.5 Å². The number of rotatable bonds is 4. The van der Waals surface area contributed by atoms with Crippen molar-refractivity contribution in [3.05, 3.63) is 63.2 Å². The molecule has 0 aliphatic carbocycles. The lowest BCUT2D eigenvalue weighted by Crippen LogP contribution is -2.06. The number of hydrogen-bond donors (Lipinski definition) is 2. The molecule has 0 aromatic heterocycles. The summed E-state index contributed by atoms with van der Waals surface area (Å²) >= 11 is 5.85. The molecule has 0 fully saturated rings. The van der Waals surface area contributed by atoms with Crippen molar-refractivity contribution in [2.45, 2.75) is 13.0 Å². The van der Waals surface area contributed by atoms with Gasteiger partial charge in [0.25, 0.3) is 5.69 Å². The van der Waals surface area contributed by atoms with Crippen molar-refractivity contribution in [3.63, 3.8) is 0 Å². The number of phenols is 1. The number of benzene rings is 2. The highest BCUT2D eigenvalue weighted by atomic mass is 35.5. The summed E-state index contributed by atoms with van der Waals surface area (Å²) in [7, 11) is 0. The molecule has 0 aliphatic heterocycles. The number of nitro benzene ring substituents is 1. The molecule has 104 valence electrons. The van der Waals surface area contributed by atoms with Crippen LogP contribution in [0.3, 0.4) is 0 Å². The van der Waals surface area contributed by atoms with Crippen molar-refractivity contribution < 1.29 is 10.0 Å². The van der Waals surface area contributed by atoms with Crippen LogP contribution < -0.4 is 5.32 Å². The van der Waals surface area contributed by atoms with Crippen LogP contribution in [0, 0.1) is 10.1 Å². The van der Waals surface area contributed by atoms with Gasteiger partial charge in [0, 0.05) is 17.3 Å². The van der Waals surface area contributed by atoms with Crippen LogP contribution in [0.25, 0.3) is 0 Å². The van der Waals surface area contributed by atoms with Gasteiger partial charge in [0.05, 0.1) is 11.0 Å². The van der Waals surface area contributed by atoms with Crippen molar-refractivity contribution in [1.29, 1.82) is 0 Å². The van der Waals surface area contributed by atoms with E-state index in [2.05, 4.69) is 5.32 Å². The summed E-state index contributed by atoms with van der Waals surface area (Å²) in [5.41, 5.74) is 1.26. The molecule has 0 heterocycles. The molecular formula is C14H13ClN2O3. The fourth-order valence-electron chi connectivity index (χ4n) is 1.93. The topological polar surface area (TPSA) is 75.4 Å². The minimum atomic E-state index is -0.529. The lowest BCUT2D eigenvalue weighted by Gasteiger charge is -2.17. The lowest BCUT2D eigenvalue weighted by atomic mass is 10.1. The predicted molar refractivity (Wildman–Crippen MR) is 78.3 cm³/mol. The Balaban J connectivity index is 2.20. The van der Waals surface area contributed by atoms with Gasteiger partial charge in [-0.1, -0.05) is 29.8 Å². The molecule has 0 radical (unpaired) electrons. The zero-order chi connectivity index (χ0) is 14.7. The average Bonchev–Trinajstić information content (AvgIpc) is 2.38. The van der Waals surface area contributed by atoms with E-state index in [1.807, 2.05) is 13.0 Å². The third-order valence-electron chi connectivity index (χ3n) is 2.93. The van der Waals surface area contributed by atoms with Crippen LogP contribution >= 0.6 is 11.6 Å². The number of halogens is 1. The number of hydrogen-bond acceptors (Lipinski definition) is 4. The van der Waals surface area contributed by atoms with E-state index in [0.29, 0.717) is 5.69 Å². The molecule has 1 unspecified atom stereocenters. The Kier molecular flexibility index (Phi) is 4.10. The van der Waals surface area contributed by atoms with E-state index in [1.54, 1.807) is 24.3 Å². The molecule has 2 aromatic rings. The van der Waals surface area contributed by atoms with E-state index in [0.717, 1.165) is 5.56 Å². The molecule has 2 aromatic carbocycles. The number of anilines is 1. The van der Waals surface area contributed by atoms with Gasteiger partial charge in [-0.2, -0.15) is 0 Å². The maximum absolute atomic E-state index is 10.7. The minimum absolute atomic E-state index is 0.0736. The summed E-state index contributed by atoms with van der Waals surface area (Å²) in [6.45, 7) is 1.88. The highest BCUT2D eigenvalue weighted by Crippen LogP contribution is 2.30. The molecule has 5 nitrogen and oxygen atoms in total. The van der Waals surface area contributed by atoms with Crippen molar-refractivity contribution in [2.75, 3.05) is 5.32 Å². The SMILES string of the molecule is CC(Nc1ccc([N+](=O)[O-])c(Cl)c1)c1ccccc1O. The van der Waals surface area contributed by atoms with E-state index in [4.69, 9.17) is 11.6 Å². The number of aromatic hydroxyl groups is 1. The van der Waals surface area contributed by atoms with Crippen LogP contribution in [-0.4, -0.2) is 10.0 Å². The monoisotopic (exact) mass is 292 g/mol. The first-order valence-corrected chi connectivity index (χ1v) is 6.35. The van der Waals surface area contributed by atoms with E-state index in [9.17, 15) is 15.2 Å². The molecule has 1 atom stereocenters.